The third-order valence-electron chi connectivity index (χ3n) is 3.83. The van der Waals surface area contributed by atoms with Crippen molar-refractivity contribution in [1.29, 1.82) is 0 Å². The molecule has 1 unspecified atom stereocenters. The van der Waals surface area contributed by atoms with Gasteiger partial charge in [0.05, 0.1) is 28.8 Å². The van der Waals surface area contributed by atoms with Gasteiger partial charge in [-0.25, -0.2) is 0 Å². The summed E-state index contributed by atoms with van der Waals surface area (Å²) in [4.78, 5) is 14.6. The van der Waals surface area contributed by atoms with E-state index in [2.05, 4.69) is 0 Å². The molecule has 3 nitrogen and oxygen atoms in total. The molecule has 0 aromatic heterocycles. The second-order valence-corrected chi connectivity index (χ2v) is 5.93. The Bertz CT molecular complexity index is 703. The molecule has 0 N–H and O–H groups in total. The fraction of sp³-hybridized carbons (Fsp3) is 0.278. The molecular formula is C18H19Cl2NO2. The smallest absolute Gasteiger partial charge is 0.255 e. The van der Waals surface area contributed by atoms with Crippen molar-refractivity contribution < 1.29 is 9.53 Å². The summed E-state index contributed by atoms with van der Waals surface area (Å²) in [6, 6.07) is 12.7. The van der Waals surface area contributed by atoms with Crippen LogP contribution in [0.4, 0.5) is 0 Å². The van der Waals surface area contributed by atoms with Gasteiger partial charge in [-0.15, -0.1) is 0 Å². The number of halogens is 2. The Kier molecular flexibility index (Phi) is 5.91. The average molecular weight is 352 g/mol. The van der Waals surface area contributed by atoms with Crippen LogP contribution in [-0.2, 0) is 0 Å². The van der Waals surface area contributed by atoms with Gasteiger partial charge in [0.25, 0.3) is 5.91 Å². The van der Waals surface area contributed by atoms with Gasteiger partial charge in [-0.3, -0.25) is 4.79 Å². The summed E-state index contributed by atoms with van der Waals surface area (Å²) in [7, 11) is 1.62. The summed E-state index contributed by atoms with van der Waals surface area (Å²) in [5, 5.41) is 0.665. The SMILES string of the molecule is CCN(C(=O)c1cccc(Cl)c1Cl)C(C)c1cccc(OC)c1. The number of nitrogens with zero attached hydrogens (tertiary/aromatic N) is 1. The quantitative estimate of drug-likeness (QED) is 0.738. The zero-order chi connectivity index (χ0) is 17.0. The van der Waals surface area contributed by atoms with E-state index in [9.17, 15) is 4.79 Å². The molecule has 0 bridgehead atoms. The lowest BCUT2D eigenvalue weighted by Gasteiger charge is -2.29. The van der Waals surface area contributed by atoms with Crippen molar-refractivity contribution in [3.05, 3.63) is 63.6 Å². The number of amides is 1. The number of rotatable bonds is 5. The fourth-order valence-electron chi connectivity index (χ4n) is 2.50. The molecule has 2 aromatic carbocycles. The third-order valence-corrected chi connectivity index (χ3v) is 4.65. The van der Waals surface area contributed by atoms with Crippen molar-refractivity contribution in [3.63, 3.8) is 0 Å². The van der Waals surface area contributed by atoms with Crippen LogP contribution in [0.1, 0.15) is 35.8 Å². The molecule has 0 aliphatic carbocycles. The molecule has 0 heterocycles. The van der Waals surface area contributed by atoms with Crippen LogP contribution < -0.4 is 4.74 Å². The third kappa shape index (κ3) is 3.80. The van der Waals surface area contributed by atoms with Gasteiger partial charge in [0, 0.05) is 6.54 Å². The van der Waals surface area contributed by atoms with Crippen LogP contribution in [-0.4, -0.2) is 24.5 Å². The summed E-state index contributed by atoms with van der Waals surface area (Å²) < 4.78 is 5.26. The molecule has 0 spiro atoms. The summed E-state index contributed by atoms with van der Waals surface area (Å²) in [6.45, 7) is 4.47. The predicted octanol–water partition coefficient (Wildman–Crippen LogP) is 5.23. The molecule has 1 amide bonds. The van der Waals surface area contributed by atoms with Crippen molar-refractivity contribution in [2.24, 2.45) is 0 Å². The summed E-state index contributed by atoms with van der Waals surface area (Å²) in [5.74, 6) is 0.619. The minimum atomic E-state index is -0.143. The maximum atomic E-state index is 12.9. The van der Waals surface area contributed by atoms with Crippen molar-refractivity contribution in [3.8, 4) is 5.75 Å². The molecule has 1 atom stereocenters. The van der Waals surface area contributed by atoms with Crippen LogP contribution in [0.3, 0.4) is 0 Å². The van der Waals surface area contributed by atoms with E-state index < -0.39 is 0 Å². The van der Waals surface area contributed by atoms with Gasteiger partial charge in [0.1, 0.15) is 5.75 Å². The largest absolute Gasteiger partial charge is 0.497 e. The molecule has 0 fully saturated rings. The average Bonchev–Trinajstić information content (AvgIpc) is 2.57. The van der Waals surface area contributed by atoms with Crippen LogP contribution in [0.25, 0.3) is 0 Å². The van der Waals surface area contributed by atoms with Crippen LogP contribution in [0, 0.1) is 0 Å². The van der Waals surface area contributed by atoms with E-state index in [1.807, 2.05) is 38.1 Å². The van der Waals surface area contributed by atoms with Gasteiger partial charge < -0.3 is 9.64 Å². The summed E-state index contributed by atoms with van der Waals surface area (Å²) in [6.07, 6.45) is 0. The van der Waals surface area contributed by atoms with Gasteiger partial charge >= 0.3 is 0 Å². The van der Waals surface area contributed by atoms with E-state index in [1.54, 1.807) is 30.2 Å². The zero-order valence-electron chi connectivity index (χ0n) is 13.3. The minimum Gasteiger partial charge on any atom is -0.497 e. The van der Waals surface area contributed by atoms with Gasteiger partial charge in [-0.1, -0.05) is 41.4 Å². The molecule has 122 valence electrons. The number of hydrogen-bond donors (Lipinski definition) is 0. The van der Waals surface area contributed by atoms with E-state index in [-0.39, 0.29) is 17.0 Å². The highest BCUT2D eigenvalue weighted by Gasteiger charge is 2.24. The molecular weight excluding hydrogens is 333 g/mol. The Morgan fingerprint density at radius 3 is 2.57 bits per heavy atom. The molecule has 5 heteroatoms. The fourth-order valence-corrected chi connectivity index (χ4v) is 2.88. The molecule has 0 aliphatic heterocycles. The van der Waals surface area contributed by atoms with Crippen LogP contribution in [0.2, 0.25) is 10.0 Å². The first-order valence-electron chi connectivity index (χ1n) is 7.38. The zero-order valence-corrected chi connectivity index (χ0v) is 14.9. The van der Waals surface area contributed by atoms with E-state index in [1.165, 1.54) is 0 Å². The lowest BCUT2D eigenvalue weighted by Crippen LogP contribution is -2.33. The van der Waals surface area contributed by atoms with Gasteiger partial charge in [0.15, 0.2) is 0 Å². The highest BCUT2D eigenvalue weighted by molar-refractivity contribution is 6.43. The molecule has 0 aliphatic rings. The monoisotopic (exact) mass is 351 g/mol. The number of carbonyl (C=O) groups excluding carboxylic acids is 1. The van der Waals surface area contributed by atoms with Crippen LogP contribution in [0.15, 0.2) is 42.5 Å². The van der Waals surface area contributed by atoms with Crippen LogP contribution in [0.5, 0.6) is 5.75 Å². The van der Waals surface area contributed by atoms with Crippen molar-refractivity contribution in [1.82, 2.24) is 4.90 Å². The number of ether oxygens (including phenoxy) is 1. The molecule has 2 rings (SSSR count). The maximum Gasteiger partial charge on any atom is 0.255 e. The number of methoxy groups -OCH3 is 1. The second-order valence-electron chi connectivity index (χ2n) is 5.15. The molecule has 23 heavy (non-hydrogen) atoms. The minimum absolute atomic E-state index is 0.113. The maximum absolute atomic E-state index is 12.9. The predicted molar refractivity (Wildman–Crippen MR) is 94.6 cm³/mol. The molecule has 0 saturated heterocycles. The summed E-state index contributed by atoms with van der Waals surface area (Å²) >= 11 is 12.2. The van der Waals surface area contributed by atoms with Gasteiger partial charge in [0.2, 0.25) is 0 Å². The Morgan fingerprint density at radius 2 is 1.91 bits per heavy atom. The number of hydrogen-bond acceptors (Lipinski definition) is 2. The standard InChI is InChI=1S/C18H19Cl2NO2/c1-4-21(12(2)13-7-5-8-14(11-13)23-3)18(22)15-9-6-10-16(19)17(15)20/h5-12H,4H2,1-3H3. The molecule has 0 radical (unpaired) electrons. The van der Waals surface area contributed by atoms with Gasteiger partial charge in [-0.05, 0) is 43.7 Å². The van der Waals surface area contributed by atoms with E-state index in [0.717, 1.165) is 11.3 Å². The highest BCUT2D eigenvalue weighted by Crippen LogP contribution is 2.30. The molecule has 0 saturated carbocycles. The summed E-state index contributed by atoms with van der Waals surface area (Å²) in [5.41, 5.74) is 1.41. The van der Waals surface area contributed by atoms with E-state index in [0.29, 0.717) is 17.1 Å². The van der Waals surface area contributed by atoms with Crippen LogP contribution >= 0.6 is 23.2 Å². The van der Waals surface area contributed by atoms with E-state index >= 15 is 0 Å². The normalized spacial score (nSPS) is 11.9. The Labute approximate surface area is 146 Å². The first kappa shape index (κ1) is 17.6. The van der Waals surface area contributed by atoms with Crippen molar-refractivity contribution >= 4 is 29.1 Å². The highest BCUT2D eigenvalue weighted by atomic mass is 35.5. The Hall–Kier alpha value is -1.71. The molecule has 2 aromatic rings. The van der Waals surface area contributed by atoms with E-state index in [4.69, 9.17) is 27.9 Å². The first-order valence-corrected chi connectivity index (χ1v) is 8.14. The topological polar surface area (TPSA) is 29.5 Å². The number of carbonyl (C=O) groups is 1. The van der Waals surface area contributed by atoms with Crippen molar-refractivity contribution in [2.75, 3.05) is 13.7 Å². The Morgan fingerprint density at radius 1 is 1.22 bits per heavy atom. The second kappa shape index (κ2) is 7.71. The first-order chi connectivity index (χ1) is 11.0. The van der Waals surface area contributed by atoms with Crippen molar-refractivity contribution in [2.45, 2.75) is 19.9 Å². The number of benzene rings is 2. The van der Waals surface area contributed by atoms with Gasteiger partial charge in [-0.2, -0.15) is 0 Å². The lowest BCUT2D eigenvalue weighted by atomic mass is 10.0. The Balaban J connectivity index is 2.34. The lowest BCUT2D eigenvalue weighted by molar-refractivity contribution is 0.0702.